The second kappa shape index (κ2) is 5.68. The van der Waals surface area contributed by atoms with Crippen molar-refractivity contribution in [1.29, 1.82) is 0 Å². The number of nitro groups is 1. The molecule has 0 radical (unpaired) electrons. The minimum atomic E-state index is -0.428. The molecule has 5 rings (SSSR count). The van der Waals surface area contributed by atoms with Crippen molar-refractivity contribution in [2.75, 3.05) is 0 Å². The fourth-order valence-corrected chi connectivity index (χ4v) is 4.00. The van der Waals surface area contributed by atoms with Crippen LogP contribution in [0.1, 0.15) is 0 Å². The van der Waals surface area contributed by atoms with Gasteiger partial charge < -0.3 is 0 Å². The summed E-state index contributed by atoms with van der Waals surface area (Å²) in [6.07, 6.45) is 1.89. The molecule has 0 spiro atoms. The highest BCUT2D eigenvalue weighted by molar-refractivity contribution is 7.15. The molecule has 0 bridgehead atoms. The second-order valence-electron chi connectivity index (χ2n) is 5.98. The van der Waals surface area contributed by atoms with Crippen molar-refractivity contribution < 1.29 is 4.92 Å². The molecule has 3 aromatic rings. The van der Waals surface area contributed by atoms with Gasteiger partial charge in [-0.2, -0.15) is 9.97 Å². The van der Waals surface area contributed by atoms with Crippen molar-refractivity contribution in [2.24, 2.45) is 0 Å². The molecule has 2 aromatic carbocycles. The zero-order valence-electron chi connectivity index (χ0n) is 13.7. The van der Waals surface area contributed by atoms with Crippen LogP contribution in [-0.2, 0) is 0 Å². The first-order valence-electron chi connectivity index (χ1n) is 8.06. The van der Waals surface area contributed by atoms with Crippen LogP contribution < -0.4 is 5.56 Å². The van der Waals surface area contributed by atoms with Crippen LogP contribution in [0.25, 0.3) is 38.4 Å². The Morgan fingerprint density at radius 2 is 1.74 bits per heavy atom. The third kappa shape index (κ3) is 2.31. The van der Waals surface area contributed by atoms with Crippen LogP contribution in [0.2, 0.25) is 0 Å². The summed E-state index contributed by atoms with van der Waals surface area (Å²) >= 11 is 1.43. The molecule has 130 valence electrons. The Morgan fingerprint density at radius 1 is 1.00 bits per heavy atom. The molecule has 1 aromatic heterocycles. The Morgan fingerprint density at radius 3 is 2.48 bits per heavy atom. The van der Waals surface area contributed by atoms with Crippen LogP contribution in [-0.4, -0.2) is 19.3 Å². The Balaban J connectivity index is 1.97. The second-order valence-corrected chi connectivity index (χ2v) is 6.85. The van der Waals surface area contributed by atoms with E-state index in [1.165, 1.54) is 23.5 Å². The fourth-order valence-electron chi connectivity index (χ4n) is 3.29. The molecular formula is C19H10N4O3S. The highest BCUT2D eigenvalue weighted by Crippen LogP contribution is 2.37. The zero-order valence-corrected chi connectivity index (χ0v) is 14.5. The van der Waals surface area contributed by atoms with Gasteiger partial charge in [-0.1, -0.05) is 18.2 Å². The topological polar surface area (TPSA) is 90.4 Å². The normalized spacial score (nSPS) is 11.4. The monoisotopic (exact) mass is 374 g/mol. The SMILES string of the molecule is O=c1nc2nc3sccn3c(-c3ccc([N+](=O)[O-])cc3)c-2c2ccccc12. The van der Waals surface area contributed by atoms with Gasteiger partial charge in [0, 0.05) is 34.5 Å². The summed E-state index contributed by atoms with van der Waals surface area (Å²) in [5, 5.41) is 14.2. The number of nitrogens with zero attached hydrogens (tertiary/aromatic N) is 4. The maximum atomic E-state index is 12.4. The predicted octanol–water partition coefficient (Wildman–Crippen LogP) is 3.98. The molecule has 0 aliphatic carbocycles. The number of nitro benzene ring substituents is 1. The fraction of sp³-hybridized carbons (Fsp3) is 0. The molecule has 2 aliphatic rings. The molecule has 0 amide bonds. The van der Waals surface area contributed by atoms with Crippen molar-refractivity contribution >= 4 is 32.8 Å². The summed E-state index contributed by atoms with van der Waals surface area (Å²) in [5.41, 5.74) is 2.03. The maximum absolute atomic E-state index is 12.4. The van der Waals surface area contributed by atoms with E-state index in [1.54, 1.807) is 24.3 Å². The van der Waals surface area contributed by atoms with E-state index in [-0.39, 0.29) is 11.2 Å². The molecule has 0 atom stereocenters. The third-order valence-electron chi connectivity index (χ3n) is 4.48. The van der Waals surface area contributed by atoms with Gasteiger partial charge in [-0.25, -0.2) is 0 Å². The van der Waals surface area contributed by atoms with E-state index in [0.29, 0.717) is 16.2 Å². The minimum absolute atomic E-state index is 0.0218. The van der Waals surface area contributed by atoms with Gasteiger partial charge in [0.1, 0.15) is 0 Å². The lowest BCUT2D eigenvalue weighted by Crippen LogP contribution is -2.12. The van der Waals surface area contributed by atoms with Gasteiger partial charge >= 0.3 is 0 Å². The Kier molecular flexibility index (Phi) is 3.28. The van der Waals surface area contributed by atoms with Gasteiger partial charge in [-0.3, -0.25) is 19.3 Å². The molecular weight excluding hydrogens is 364 g/mol. The molecule has 0 N–H and O–H groups in total. The molecule has 2 aliphatic heterocycles. The number of rotatable bonds is 2. The summed E-state index contributed by atoms with van der Waals surface area (Å²) in [6, 6.07) is 13.6. The van der Waals surface area contributed by atoms with E-state index in [4.69, 9.17) is 0 Å². The standard InChI is InChI=1S/C19H10N4O3S/c24-18-14-4-2-1-3-13(14)15-16(11-5-7-12(8-6-11)23(25)26)22-9-10-27-19(22)21-17(15)20-18/h1-10H. The van der Waals surface area contributed by atoms with Crippen LogP contribution in [0, 0.1) is 10.1 Å². The summed E-state index contributed by atoms with van der Waals surface area (Å²) in [4.78, 5) is 32.4. The van der Waals surface area contributed by atoms with Crippen molar-refractivity contribution in [3.05, 3.63) is 80.6 Å². The van der Waals surface area contributed by atoms with Gasteiger partial charge in [0.25, 0.3) is 11.2 Å². The summed E-state index contributed by atoms with van der Waals surface area (Å²) in [6.45, 7) is 0. The van der Waals surface area contributed by atoms with Crippen molar-refractivity contribution in [1.82, 2.24) is 14.4 Å². The molecule has 0 saturated carbocycles. The van der Waals surface area contributed by atoms with Crippen LogP contribution in [0.5, 0.6) is 0 Å². The molecule has 0 saturated heterocycles. The van der Waals surface area contributed by atoms with Gasteiger partial charge in [0.2, 0.25) is 0 Å². The van der Waals surface area contributed by atoms with E-state index in [0.717, 1.165) is 22.2 Å². The molecule has 8 heteroatoms. The van der Waals surface area contributed by atoms with E-state index < -0.39 is 4.92 Å². The van der Waals surface area contributed by atoms with Gasteiger partial charge in [0.15, 0.2) is 10.8 Å². The zero-order chi connectivity index (χ0) is 18.5. The number of fused-ring (bicyclic) bond motifs is 4. The highest BCUT2D eigenvalue weighted by atomic mass is 32.1. The van der Waals surface area contributed by atoms with E-state index in [1.807, 2.05) is 28.1 Å². The lowest BCUT2D eigenvalue weighted by Gasteiger charge is -2.15. The lowest BCUT2D eigenvalue weighted by molar-refractivity contribution is -0.384. The van der Waals surface area contributed by atoms with Crippen molar-refractivity contribution in [3.8, 4) is 22.6 Å². The number of aromatic nitrogens is 3. The van der Waals surface area contributed by atoms with E-state index in [2.05, 4.69) is 9.97 Å². The summed E-state index contributed by atoms with van der Waals surface area (Å²) < 4.78 is 1.92. The Hall–Kier alpha value is -3.65. The maximum Gasteiger partial charge on any atom is 0.279 e. The molecule has 0 unspecified atom stereocenters. The van der Waals surface area contributed by atoms with Crippen molar-refractivity contribution in [3.63, 3.8) is 0 Å². The smallest absolute Gasteiger partial charge is 0.279 e. The van der Waals surface area contributed by atoms with Crippen LogP contribution >= 0.6 is 11.3 Å². The van der Waals surface area contributed by atoms with E-state index in [9.17, 15) is 14.9 Å². The largest absolute Gasteiger partial charge is 0.291 e. The van der Waals surface area contributed by atoms with Crippen molar-refractivity contribution in [2.45, 2.75) is 0 Å². The highest BCUT2D eigenvalue weighted by Gasteiger charge is 2.22. The minimum Gasteiger partial charge on any atom is -0.291 e. The quantitative estimate of drug-likeness (QED) is 0.265. The van der Waals surface area contributed by atoms with E-state index >= 15 is 0 Å². The number of thiazole rings is 1. The molecule has 0 fully saturated rings. The number of pyridine rings is 1. The van der Waals surface area contributed by atoms with Crippen LogP contribution in [0.15, 0.2) is 64.9 Å². The van der Waals surface area contributed by atoms with Gasteiger partial charge in [-0.05, 0) is 23.8 Å². The first-order valence-corrected chi connectivity index (χ1v) is 8.94. The molecule has 27 heavy (non-hydrogen) atoms. The van der Waals surface area contributed by atoms with Gasteiger partial charge in [0.05, 0.1) is 16.2 Å². The number of non-ortho nitro benzene ring substituents is 1. The first kappa shape index (κ1) is 15.6. The van der Waals surface area contributed by atoms with Gasteiger partial charge in [-0.15, -0.1) is 11.3 Å². The van der Waals surface area contributed by atoms with Crippen LogP contribution in [0.4, 0.5) is 5.69 Å². The number of hydrogen-bond acceptors (Lipinski definition) is 6. The third-order valence-corrected chi connectivity index (χ3v) is 5.23. The summed E-state index contributed by atoms with van der Waals surface area (Å²) in [7, 11) is 0. The first-order chi connectivity index (χ1) is 13.1. The Labute approximate surface area is 155 Å². The Bertz CT molecular complexity index is 1370. The average Bonchev–Trinajstić information content (AvgIpc) is 3.15. The summed E-state index contributed by atoms with van der Waals surface area (Å²) in [5.74, 6) is 0.370. The molecule has 7 nitrogen and oxygen atoms in total. The predicted molar refractivity (Wildman–Crippen MR) is 103 cm³/mol. The average molecular weight is 374 g/mol. The number of hydrogen-bond donors (Lipinski definition) is 0. The lowest BCUT2D eigenvalue weighted by atomic mass is 9.98. The van der Waals surface area contributed by atoms with Crippen LogP contribution in [0.3, 0.4) is 0 Å². The molecule has 3 heterocycles. The number of benzene rings is 2.